The van der Waals surface area contributed by atoms with E-state index in [2.05, 4.69) is 77.0 Å². The first kappa shape index (κ1) is 34.4. The van der Waals surface area contributed by atoms with Crippen LogP contribution < -0.4 is 4.90 Å². The smallest absolute Gasteiger partial charge is 0.0701 e. The van der Waals surface area contributed by atoms with Gasteiger partial charge in [0.25, 0.3) is 0 Å². The van der Waals surface area contributed by atoms with Crippen molar-refractivity contribution in [1.29, 1.82) is 0 Å². The molecule has 3 heterocycles. The van der Waals surface area contributed by atoms with E-state index in [0.717, 1.165) is 61.8 Å². The van der Waals surface area contributed by atoms with Crippen LogP contribution in [0.1, 0.15) is 86.7 Å². The Bertz CT molecular complexity index is 1080. The number of ether oxygens (including phenoxy) is 3. The van der Waals surface area contributed by atoms with Gasteiger partial charge < -0.3 is 19.1 Å². The zero-order valence-corrected chi connectivity index (χ0v) is 27.5. The van der Waals surface area contributed by atoms with E-state index in [1.165, 1.54) is 69.9 Å². The van der Waals surface area contributed by atoms with Gasteiger partial charge in [0, 0.05) is 57.1 Å². The molecule has 2 unspecified atom stereocenters. The molecular formula is C37H56N4O3. The molecule has 0 saturated heterocycles. The first-order chi connectivity index (χ1) is 21.7. The zero-order valence-electron chi connectivity index (χ0n) is 27.5. The molecule has 4 bridgehead atoms. The lowest BCUT2D eigenvalue weighted by atomic mass is 10.1. The van der Waals surface area contributed by atoms with Crippen molar-refractivity contribution >= 4 is 5.69 Å². The molecule has 2 atom stereocenters. The maximum Gasteiger partial charge on any atom is 0.0701 e. The molecule has 1 aromatic carbocycles. The molecule has 0 N–H and O–H groups in total. The van der Waals surface area contributed by atoms with Crippen LogP contribution in [-0.2, 0) is 27.3 Å². The van der Waals surface area contributed by atoms with Crippen molar-refractivity contribution in [2.45, 2.75) is 77.3 Å². The Kier molecular flexibility index (Phi) is 16.1. The van der Waals surface area contributed by atoms with E-state index in [4.69, 9.17) is 19.2 Å². The third-order valence-electron chi connectivity index (χ3n) is 8.48. The van der Waals surface area contributed by atoms with E-state index in [1.54, 1.807) is 0 Å². The van der Waals surface area contributed by atoms with Crippen molar-refractivity contribution in [2.24, 2.45) is 0 Å². The second-order valence-corrected chi connectivity index (χ2v) is 12.5. The number of hydrogen-bond donors (Lipinski definition) is 0. The Labute approximate surface area is 267 Å². The Hall–Kier alpha value is -2.47. The predicted molar refractivity (Wildman–Crippen MR) is 180 cm³/mol. The summed E-state index contributed by atoms with van der Waals surface area (Å²) >= 11 is 0. The number of rotatable bonds is 1. The maximum atomic E-state index is 5.96. The summed E-state index contributed by atoms with van der Waals surface area (Å²) in [7, 11) is 4.12. The van der Waals surface area contributed by atoms with Gasteiger partial charge in [0.05, 0.1) is 51.0 Å². The SMILES string of the molecule is CN(C)c1ccc(C#Cc2cc3nc(c2)CN2CCCCCCCCCCCCN(CCOCCOCCOCC2)C3)cc1. The summed E-state index contributed by atoms with van der Waals surface area (Å²) in [5.74, 6) is 6.89. The van der Waals surface area contributed by atoms with Gasteiger partial charge in [-0.15, -0.1) is 0 Å². The highest BCUT2D eigenvalue weighted by molar-refractivity contribution is 5.51. The van der Waals surface area contributed by atoms with Gasteiger partial charge in [0.2, 0.25) is 0 Å². The van der Waals surface area contributed by atoms with E-state index in [1.807, 2.05) is 0 Å². The molecule has 2 aliphatic rings. The highest BCUT2D eigenvalue weighted by Crippen LogP contribution is 2.16. The van der Waals surface area contributed by atoms with Gasteiger partial charge in [-0.25, -0.2) is 0 Å². The first-order valence-electron chi connectivity index (χ1n) is 17.1. The minimum atomic E-state index is 0.610. The second kappa shape index (κ2) is 20.5. The average molecular weight is 605 g/mol. The predicted octanol–water partition coefficient (Wildman–Crippen LogP) is 6.13. The van der Waals surface area contributed by atoms with Crippen LogP contribution in [0.2, 0.25) is 0 Å². The van der Waals surface area contributed by atoms with Crippen molar-refractivity contribution < 1.29 is 14.2 Å². The van der Waals surface area contributed by atoms with Gasteiger partial charge in [0.15, 0.2) is 0 Å². The van der Waals surface area contributed by atoms with Gasteiger partial charge in [0.1, 0.15) is 0 Å². The van der Waals surface area contributed by atoms with E-state index in [0.29, 0.717) is 39.6 Å². The highest BCUT2D eigenvalue weighted by Gasteiger charge is 2.13. The van der Waals surface area contributed by atoms with E-state index < -0.39 is 0 Å². The van der Waals surface area contributed by atoms with E-state index in [-0.39, 0.29) is 0 Å². The number of fused-ring (bicyclic) bond motifs is 2. The first-order valence-corrected chi connectivity index (χ1v) is 17.1. The molecule has 4 rings (SSSR count). The van der Waals surface area contributed by atoms with Crippen molar-refractivity contribution in [3.8, 4) is 11.8 Å². The van der Waals surface area contributed by atoms with Crippen molar-refractivity contribution in [3.63, 3.8) is 0 Å². The third-order valence-corrected chi connectivity index (χ3v) is 8.48. The largest absolute Gasteiger partial charge is 0.378 e. The number of benzene rings is 1. The van der Waals surface area contributed by atoms with Crippen LogP contribution in [0.4, 0.5) is 5.69 Å². The minimum Gasteiger partial charge on any atom is -0.378 e. The molecule has 2 aliphatic heterocycles. The molecular weight excluding hydrogens is 548 g/mol. The van der Waals surface area contributed by atoms with Crippen molar-refractivity contribution in [1.82, 2.24) is 14.8 Å². The summed E-state index contributed by atoms with van der Waals surface area (Å²) in [5.41, 5.74) is 5.42. The average Bonchev–Trinajstić information content (AvgIpc) is 3.02. The van der Waals surface area contributed by atoms with Gasteiger partial charge in [-0.1, -0.05) is 63.2 Å². The van der Waals surface area contributed by atoms with Gasteiger partial charge in [-0.2, -0.15) is 0 Å². The standard InChI is InChI=1S/C37H56N4O3/c1-39(2)37-17-15-33(16-18-37)13-14-34-29-35-31-40-19-11-9-7-5-3-4-6-8-10-12-20-41(32-36(30-34)38-35)22-24-43-26-28-44-27-25-42-23-21-40/h15-18,29-30H,3-12,19-28,31-32H2,1-2H3. The van der Waals surface area contributed by atoms with E-state index >= 15 is 0 Å². The molecule has 242 valence electrons. The molecule has 44 heavy (non-hydrogen) atoms. The van der Waals surface area contributed by atoms with Gasteiger partial charge in [-0.3, -0.25) is 14.8 Å². The number of aromatic nitrogens is 1. The molecule has 0 fully saturated rings. The Balaban J connectivity index is 1.60. The van der Waals surface area contributed by atoms with E-state index in [9.17, 15) is 0 Å². The Morgan fingerprint density at radius 2 is 0.977 bits per heavy atom. The topological polar surface area (TPSA) is 50.3 Å². The van der Waals surface area contributed by atoms with Crippen LogP contribution in [0.5, 0.6) is 0 Å². The van der Waals surface area contributed by atoms with Crippen molar-refractivity contribution in [3.05, 3.63) is 58.9 Å². The lowest BCUT2D eigenvalue weighted by molar-refractivity contribution is 0.00603. The molecule has 7 heteroatoms. The summed E-state index contributed by atoms with van der Waals surface area (Å²) in [6.07, 6.45) is 13.2. The van der Waals surface area contributed by atoms with Crippen LogP contribution in [0, 0.1) is 11.8 Å². The molecule has 1 aromatic heterocycles. The third kappa shape index (κ3) is 13.7. The fourth-order valence-corrected chi connectivity index (χ4v) is 5.88. The van der Waals surface area contributed by atoms with Crippen LogP contribution >= 0.6 is 0 Å². The van der Waals surface area contributed by atoms with Crippen LogP contribution in [0.25, 0.3) is 0 Å². The molecule has 0 aliphatic carbocycles. The molecule has 0 saturated carbocycles. The normalized spacial score (nSPS) is 22.6. The Morgan fingerprint density at radius 3 is 1.45 bits per heavy atom. The van der Waals surface area contributed by atoms with Crippen LogP contribution in [-0.4, -0.2) is 94.7 Å². The van der Waals surface area contributed by atoms with Gasteiger partial charge >= 0.3 is 0 Å². The summed E-state index contributed by atoms with van der Waals surface area (Å²) in [6, 6.07) is 12.8. The number of anilines is 1. The summed E-state index contributed by atoms with van der Waals surface area (Å²) in [6.45, 7) is 9.37. The van der Waals surface area contributed by atoms with Crippen LogP contribution in [0.3, 0.4) is 0 Å². The highest BCUT2D eigenvalue weighted by atomic mass is 16.5. The monoisotopic (exact) mass is 604 g/mol. The summed E-state index contributed by atoms with van der Waals surface area (Å²) in [4.78, 5) is 12.4. The van der Waals surface area contributed by atoms with Crippen molar-refractivity contribution in [2.75, 3.05) is 84.8 Å². The lowest BCUT2D eigenvalue weighted by Crippen LogP contribution is -2.31. The second-order valence-electron chi connectivity index (χ2n) is 12.5. The molecule has 0 spiro atoms. The lowest BCUT2D eigenvalue weighted by Gasteiger charge is -2.24. The minimum absolute atomic E-state index is 0.610. The van der Waals surface area contributed by atoms with Crippen LogP contribution in [0.15, 0.2) is 36.4 Å². The fourth-order valence-electron chi connectivity index (χ4n) is 5.88. The van der Waals surface area contributed by atoms with Gasteiger partial charge in [-0.05, 0) is 62.3 Å². The molecule has 7 nitrogen and oxygen atoms in total. The molecule has 0 radical (unpaired) electrons. The Morgan fingerprint density at radius 1 is 0.545 bits per heavy atom. The number of nitrogens with zero attached hydrogens (tertiary/aromatic N) is 4. The quantitative estimate of drug-likeness (QED) is 0.363. The molecule has 2 aromatic rings. The summed E-state index contributed by atoms with van der Waals surface area (Å²) < 4.78 is 17.7. The zero-order chi connectivity index (χ0) is 30.7. The molecule has 0 amide bonds. The number of hydrogen-bond acceptors (Lipinski definition) is 7. The maximum absolute atomic E-state index is 5.96. The number of pyridine rings is 1. The summed E-state index contributed by atoms with van der Waals surface area (Å²) in [5, 5.41) is 0. The fraction of sp³-hybridized carbons (Fsp3) is 0.649.